The van der Waals surface area contributed by atoms with E-state index in [0.717, 1.165) is 26.0 Å². The van der Waals surface area contributed by atoms with Crippen molar-refractivity contribution in [1.29, 1.82) is 0 Å². The second-order valence-corrected chi connectivity index (χ2v) is 5.77. The van der Waals surface area contributed by atoms with Crippen LogP contribution in [-0.2, 0) is 11.2 Å². The Kier molecular flexibility index (Phi) is 7.76. The van der Waals surface area contributed by atoms with E-state index in [9.17, 15) is 0 Å². The van der Waals surface area contributed by atoms with E-state index >= 15 is 0 Å². The minimum atomic E-state index is 0.549. The second-order valence-electron chi connectivity index (χ2n) is 5.77. The van der Waals surface area contributed by atoms with Gasteiger partial charge in [0, 0.05) is 19.8 Å². The first-order valence-corrected chi connectivity index (χ1v) is 7.39. The van der Waals surface area contributed by atoms with Crippen LogP contribution < -0.4 is 5.32 Å². The Morgan fingerprint density at radius 3 is 2.37 bits per heavy atom. The fourth-order valence-corrected chi connectivity index (χ4v) is 2.32. The van der Waals surface area contributed by atoms with Gasteiger partial charge in [0.1, 0.15) is 0 Å². The highest BCUT2D eigenvalue weighted by molar-refractivity contribution is 5.15. The molecule has 19 heavy (non-hydrogen) atoms. The lowest BCUT2D eigenvalue weighted by Gasteiger charge is -2.25. The van der Waals surface area contributed by atoms with Crippen LogP contribution >= 0.6 is 0 Å². The van der Waals surface area contributed by atoms with E-state index in [0.29, 0.717) is 17.9 Å². The van der Waals surface area contributed by atoms with E-state index in [1.165, 1.54) is 5.56 Å². The lowest BCUT2D eigenvalue weighted by molar-refractivity contribution is 0.163. The zero-order chi connectivity index (χ0) is 14.1. The number of ether oxygens (including phenoxy) is 1. The Morgan fingerprint density at radius 2 is 1.79 bits per heavy atom. The van der Waals surface area contributed by atoms with Crippen molar-refractivity contribution in [2.45, 2.75) is 39.7 Å². The molecule has 0 saturated carbocycles. The minimum Gasteiger partial charge on any atom is -0.385 e. The van der Waals surface area contributed by atoms with Gasteiger partial charge >= 0.3 is 0 Å². The Hall–Kier alpha value is -0.860. The van der Waals surface area contributed by atoms with Gasteiger partial charge in [-0.25, -0.2) is 0 Å². The second kappa shape index (κ2) is 9.11. The highest BCUT2D eigenvalue weighted by Gasteiger charge is 2.17. The number of benzene rings is 1. The Morgan fingerprint density at radius 1 is 1.11 bits per heavy atom. The quantitative estimate of drug-likeness (QED) is 0.736. The molecule has 0 bridgehead atoms. The molecule has 0 fully saturated rings. The molecule has 1 aromatic rings. The lowest BCUT2D eigenvalue weighted by Crippen LogP contribution is -2.33. The normalized spacial score (nSPS) is 14.6. The molecule has 0 saturated heterocycles. The van der Waals surface area contributed by atoms with Crippen LogP contribution in [0, 0.1) is 11.8 Å². The van der Waals surface area contributed by atoms with Gasteiger partial charge < -0.3 is 10.1 Å². The van der Waals surface area contributed by atoms with Crippen LogP contribution in [0.3, 0.4) is 0 Å². The highest BCUT2D eigenvalue weighted by Crippen LogP contribution is 2.20. The first-order valence-electron chi connectivity index (χ1n) is 7.39. The predicted molar refractivity (Wildman–Crippen MR) is 82.4 cm³/mol. The molecule has 0 aromatic heterocycles. The summed E-state index contributed by atoms with van der Waals surface area (Å²) in [5.41, 5.74) is 1.43. The van der Waals surface area contributed by atoms with Crippen molar-refractivity contribution in [3.05, 3.63) is 35.9 Å². The maximum atomic E-state index is 5.22. The fraction of sp³-hybridized carbons (Fsp3) is 0.647. The molecular formula is C17H29NO. The molecule has 0 aliphatic rings. The summed E-state index contributed by atoms with van der Waals surface area (Å²) in [6, 6.07) is 11.3. The summed E-state index contributed by atoms with van der Waals surface area (Å²) >= 11 is 0. The summed E-state index contributed by atoms with van der Waals surface area (Å²) in [7, 11) is 1.78. The summed E-state index contributed by atoms with van der Waals surface area (Å²) in [6.07, 6.45) is 2.28. The number of methoxy groups -OCH3 is 1. The summed E-state index contributed by atoms with van der Waals surface area (Å²) in [5, 5.41) is 3.58. The van der Waals surface area contributed by atoms with Gasteiger partial charge in [-0.15, -0.1) is 0 Å². The van der Waals surface area contributed by atoms with Crippen LogP contribution in [0.2, 0.25) is 0 Å². The monoisotopic (exact) mass is 263 g/mol. The van der Waals surface area contributed by atoms with Crippen molar-refractivity contribution in [3.8, 4) is 0 Å². The van der Waals surface area contributed by atoms with Gasteiger partial charge in [-0.2, -0.15) is 0 Å². The molecule has 2 atom stereocenters. The maximum absolute atomic E-state index is 5.22. The molecule has 0 aliphatic carbocycles. The van der Waals surface area contributed by atoms with E-state index in [1.807, 2.05) is 0 Å². The van der Waals surface area contributed by atoms with Gasteiger partial charge in [0.25, 0.3) is 0 Å². The Balaban J connectivity index is 2.57. The summed E-state index contributed by atoms with van der Waals surface area (Å²) in [5.74, 6) is 1.34. The van der Waals surface area contributed by atoms with Crippen LogP contribution in [0.1, 0.15) is 32.8 Å². The number of hydrogen-bond donors (Lipinski definition) is 1. The Bertz CT molecular complexity index is 323. The van der Waals surface area contributed by atoms with E-state index in [-0.39, 0.29) is 0 Å². The van der Waals surface area contributed by atoms with Crippen molar-refractivity contribution >= 4 is 0 Å². The van der Waals surface area contributed by atoms with Crippen LogP contribution in [-0.4, -0.2) is 26.3 Å². The van der Waals surface area contributed by atoms with Gasteiger partial charge in [0.2, 0.25) is 0 Å². The van der Waals surface area contributed by atoms with E-state index in [1.54, 1.807) is 7.11 Å². The fourth-order valence-electron chi connectivity index (χ4n) is 2.32. The molecule has 0 radical (unpaired) electrons. The SMILES string of the molecule is COCCC(C)C(CNC(C)C)Cc1ccccc1. The van der Waals surface area contributed by atoms with Crippen molar-refractivity contribution in [1.82, 2.24) is 5.32 Å². The van der Waals surface area contributed by atoms with Gasteiger partial charge in [0.15, 0.2) is 0 Å². The summed E-state index contributed by atoms with van der Waals surface area (Å²) in [6.45, 7) is 8.69. The Labute approximate surface area is 118 Å². The largest absolute Gasteiger partial charge is 0.385 e. The van der Waals surface area contributed by atoms with Gasteiger partial charge in [-0.05, 0) is 36.8 Å². The number of rotatable bonds is 9. The van der Waals surface area contributed by atoms with E-state index in [4.69, 9.17) is 4.74 Å². The number of nitrogens with one attached hydrogen (secondary N) is 1. The van der Waals surface area contributed by atoms with Gasteiger partial charge in [-0.1, -0.05) is 51.1 Å². The molecule has 1 N–H and O–H groups in total. The van der Waals surface area contributed by atoms with E-state index < -0.39 is 0 Å². The van der Waals surface area contributed by atoms with Crippen molar-refractivity contribution in [2.75, 3.05) is 20.3 Å². The molecule has 0 heterocycles. The molecule has 2 nitrogen and oxygen atoms in total. The molecule has 2 heteroatoms. The molecule has 1 aromatic carbocycles. The molecule has 1 rings (SSSR count). The summed E-state index contributed by atoms with van der Waals surface area (Å²) in [4.78, 5) is 0. The van der Waals surface area contributed by atoms with Crippen molar-refractivity contribution < 1.29 is 4.74 Å². The van der Waals surface area contributed by atoms with Crippen LogP contribution in [0.15, 0.2) is 30.3 Å². The topological polar surface area (TPSA) is 21.3 Å². The van der Waals surface area contributed by atoms with E-state index in [2.05, 4.69) is 56.4 Å². The van der Waals surface area contributed by atoms with Crippen molar-refractivity contribution in [2.24, 2.45) is 11.8 Å². The highest BCUT2D eigenvalue weighted by atomic mass is 16.5. The summed E-state index contributed by atoms with van der Waals surface area (Å²) < 4.78 is 5.22. The van der Waals surface area contributed by atoms with Crippen LogP contribution in [0.25, 0.3) is 0 Å². The van der Waals surface area contributed by atoms with Crippen molar-refractivity contribution in [3.63, 3.8) is 0 Å². The van der Waals surface area contributed by atoms with Crippen LogP contribution in [0.5, 0.6) is 0 Å². The maximum Gasteiger partial charge on any atom is 0.0464 e. The molecular weight excluding hydrogens is 234 g/mol. The van der Waals surface area contributed by atoms with Gasteiger partial charge in [-0.3, -0.25) is 0 Å². The average molecular weight is 263 g/mol. The minimum absolute atomic E-state index is 0.549. The van der Waals surface area contributed by atoms with Gasteiger partial charge in [0.05, 0.1) is 0 Å². The first kappa shape index (κ1) is 16.2. The molecule has 0 amide bonds. The third-order valence-corrected chi connectivity index (χ3v) is 3.71. The third-order valence-electron chi connectivity index (χ3n) is 3.71. The average Bonchev–Trinajstić information content (AvgIpc) is 2.41. The lowest BCUT2D eigenvalue weighted by atomic mass is 9.86. The smallest absolute Gasteiger partial charge is 0.0464 e. The predicted octanol–water partition coefficient (Wildman–Crippen LogP) is 3.52. The molecule has 108 valence electrons. The first-order chi connectivity index (χ1) is 9.13. The standard InChI is InChI=1S/C17H29NO/c1-14(2)18-13-17(15(3)10-11-19-4)12-16-8-6-5-7-9-16/h5-9,14-15,17-18H,10-13H2,1-4H3. The molecule has 2 unspecified atom stereocenters. The van der Waals surface area contributed by atoms with Crippen LogP contribution in [0.4, 0.5) is 0 Å². The third kappa shape index (κ3) is 6.74. The zero-order valence-corrected chi connectivity index (χ0v) is 12.9. The molecule has 0 spiro atoms. The molecule has 0 aliphatic heterocycles. The number of hydrogen-bond acceptors (Lipinski definition) is 2. The zero-order valence-electron chi connectivity index (χ0n) is 12.9.